The van der Waals surface area contributed by atoms with Crippen LogP contribution < -0.4 is 0 Å². The molecule has 0 aliphatic carbocycles. The molecule has 98 valence electrons. The van der Waals surface area contributed by atoms with Crippen molar-refractivity contribution in [3.63, 3.8) is 0 Å². The van der Waals surface area contributed by atoms with E-state index in [2.05, 4.69) is 6.58 Å². The van der Waals surface area contributed by atoms with Crippen LogP contribution in [-0.2, 0) is 4.79 Å². The number of likely N-dealkylation sites (N-methyl/N-ethyl adjacent to an activating group) is 1. The van der Waals surface area contributed by atoms with Gasteiger partial charge in [0.1, 0.15) is 6.04 Å². The first-order valence-corrected chi connectivity index (χ1v) is 5.84. The molecule has 0 aromatic carbocycles. The zero-order valence-corrected chi connectivity index (χ0v) is 10.8. The lowest BCUT2D eigenvalue weighted by Crippen LogP contribution is -2.49. The molecule has 1 unspecified atom stereocenters. The summed E-state index contributed by atoms with van der Waals surface area (Å²) in [5.41, 5.74) is 0. The van der Waals surface area contributed by atoms with Crippen LogP contribution in [0.2, 0.25) is 0 Å². The van der Waals surface area contributed by atoms with E-state index in [1.165, 1.54) is 11.9 Å². The second kappa shape index (κ2) is 7.70. The third-order valence-electron chi connectivity index (χ3n) is 2.55. The van der Waals surface area contributed by atoms with Crippen molar-refractivity contribution < 1.29 is 14.7 Å². The highest BCUT2D eigenvalue weighted by Gasteiger charge is 2.27. The molecule has 2 amide bonds. The van der Waals surface area contributed by atoms with Gasteiger partial charge >= 0.3 is 12.0 Å². The zero-order valence-electron chi connectivity index (χ0n) is 10.8. The van der Waals surface area contributed by atoms with E-state index in [0.29, 0.717) is 19.5 Å². The van der Waals surface area contributed by atoms with Gasteiger partial charge in [-0.2, -0.15) is 0 Å². The van der Waals surface area contributed by atoms with Gasteiger partial charge < -0.3 is 14.9 Å². The second-order valence-electron chi connectivity index (χ2n) is 3.89. The molecule has 0 aromatic heterocycles. The molecular formula is C12H22N2O3. The van der Waals surface area contributed by atoms with Gasteiger partial charge in [0.25, 0.3) is 0 Å². The van der Waals surface area contributed by atoms with Gasteiger partial charge in [0, 0.05) is 20.1 Å². The average Bonchev–Trinajstić information content (AvgIpc) is 2.28. The van der Waals surface area contributed by atoms with Gasteiger partial charge in [-0.05, 0) is 12.8 Å². The van der Waals surface area contributed by atoms with Gasteiger partial charge in [-0.1, -0.05) is 19.9 Å². The van der Waals surface area contributed by atoms with Gasteiger partial charge in [-0.25, -0.2) is 9.59 Å². The number of hydrogen-bond acceptors (Lipinski definition) is 2. The quantitative estimate of drug-likeness (QED) is 0.692. The zero-order chi connectivity index (χ0) is 13.4. The number of carboxylic acids is 1. The highest BCUT2D eigenvalue weighted by Crippen LogP contribution is 2.07. The fourth-order valence-electron chi connectivity index (χ4n) is 1.66. The second-order valence-corrected chi connectivity index (χ2v) is 3.89. The summed E-state index contributed by atoms with van der Waals surface area (Å²) in [7, 11) is 1.52. The summed E-state index contributed by atoms with van der Waals surface area (Å²) >= 11 is 0. The van der Waals surface area contributed by atoms with Crippen molar-refractivity contribution in [2.75, 3.05) is 20.1 Å². The molecule has 1 N–H and O–H groups in total. The Labute approximate surface area is 103 Å². The van der Waals surface area contributed by atoms with E-state index in [-0.39, 0.29) is 6.03 Å². The Kier molecular flexibility index (Phi) is 7.02. The average molecular weight is 242 g/mol. The molecule has 0 aliphatic heterocycles. The molecule has 0 aromatic rings. The topological polar surface area (TPSA) is 60.9 Å². The van der Waals surface area contributed by atoms with Crippen molar-refractivity contribution >= 4 is 12.0 Å². The molecule has 1 atom stereocenters. The summed E-state index contributed by atoms with van der Waals surface area (Å²) in [6.45, 7) is 8.36. The third-order valence-corrected chi connectivity index (χ3v) is 2.55. The first kappa shape index (κ1) is 15.5. The Morgan fingerprint density at radius 3 is 2.35 bits per heavy atom. The standard InChI is InChI=1S/C12H22N2O3/c1-5-8-14(9-6-2)12(17)13(4)10(7-3)11(15)16/h5,10H,1,6-9H2,2-4H3,(H,15,16). The van der Waals surface area contributed by atoms with E-state index in [1.807, 2.05) is 6.92 Å². The van der Waals surface area contributed by atoms with Crippen molar-refractivity contribution in [3.8, 4) is 0 Å². The number of aliphatic carboxylic acids is 1. The van der Waals surface area contributed by atoms with Crippen molar-refractivity contribution in [1.82, 2.24) is 9.80 Å². The minimum atomic E-state index is -0.974. The molecule has 5 heteroatoms. The number of carbonyl (C=O) groups excluding carboxylic acids is 1. The lowest BCUT2D eigenvalue weighted by molar-refractivity contribution is -0.142. The monoisotopic (exact) mass is 242 g/mol. The number of hydrogen-bond donors (Lipinski definition) is 1. The molecule has 0 bridgehead atoms. The molecule has 0 radical (unpaired) electrons. The molecule has 0 heterocycles. The van der Waals surface area contributed by atoms with Gasteiger partial charge in [0.15, 0.2) is 0 Å². The van der Waals surface area contributed by atoms with Crippen molar-refractivity contribution in [3.05, 3.63) is 12.7 Å². The van der Waals surface area contributed by atoms with E-state index in [9.17, 15) is 9.59 Å². The lowest BCUT2D eigenvalue weighted by Gasteiger charge is -2.30. The number of carboxylic acid groups (broad SMARTS) is 1. The molecule has 0 spiro atoms. The molecule has 17 heavy (non-hydrogen) atoms. The van der Waals surface area contributed by atoms with Crippen LogP contribution in [0.1, 0.15) is 26.7 Å². The van der Waals surface area contributed by atoms with Crippen molar-refractivity contribution in [1.29, 1.82) is 0 Å². The van der Waals surface area contributed by atoms with Crippen molar-refractivity contribution in [2.24, 2.45) is 0 Å². The maximum Gasteiger partial charge on any atom is 0.326 e. The van der Waals surface area contributed by atoms with Gasteiger partial charge in [-0.15, -0.1) is 6.58 Å². The molecule has 0 rings (SSSR count). The normalized spacial score (nSPS) is 11.7. The SMILES string of the molecule is C=CCN(CCC)C(=O)N(C)C(CC)C(=O)O. The molecule has 0 fully saturated rings. The predicted molar refractivity (Wildman–Crippen MR) is 66.9 cm³/mol. The third kappa shape index (κ3) is 4.46. The maximum atomic E-state index is 12.1. The molecule has 5 nitrogen and oxygen atoms in total. The first-order chi connectivity index (χ1) is 7.99. The summed E-state index contributed by atoms with van der Waals surface area (Å²) in [6, 6.07) is -1.03. The van der Waals surface area contributed by atoms with Crippen LogP contribution >= 0.6 is 0 Å². The fourth-order valence-corrected chi connectivity index (χ4v) is 1.66. The Morgan fingerprint density at radius 1 is 1.41 bits per heavy atom. The smallest absolute Gasteiger partial charge is 0.326 e. The summed E-state index contributed by atoms with van der Waals surface area (Å²) in [4.78, 5) is 25.9. The number of carbonyl (C=O) groups is 2. The van der Waals surface area contributed by atoms with E-state index in [4.69, 9.17) is 5.11 Å². The number of nitrogens with zero attached hydrogens (tertiary/aromatic N) is 2. The number of amides is 2. The van der Waals surface area contributed by atoms with E-state index in [0.717, 1.165) is 6.42 Å². The molecule has 0 aliphatic rings. The highest BCUT2D eigenvalue weighted by atomic mass is 16.4. The van der Waals surface area contributed by atoms with Gasteiger partial charge in [0.05, 0.1) is 0 Å². The van der Waals surface area contributed by atoms with Crippen LogP contribution in [0.15, 0.2) is 12.7 Å². The molecule has 0 saturated carbocycles. The van der Waals surface area contributed by atoms with Crippen LogP contribution in [0.25, 0.3) is 0 Å². The maximum absolute atomic E-state index is 12.1. The summed E-state index contributed by atoms with van der Waals surface area (Å²) in [6.07, 6.45) is 2.87. The summed E-state index contributed by atoms with van der Waals surface area (Å²) in [5, 5.41) is 9.00. The Balaban J connectivity index is 4.72. The summed E-state index contributed by atoms with van der Waals surface area (Å²) < 4.78 is 0. The number of rotatable bonds is 7. The minimum Gasteiger partial charge on any atom is -0.480 e. The van der Waals surface area contributed by atoms with E-state index < -0.39 is 12.0 Å². The Hall–Kier alpha value is -1.52. The number of urea groups is 1. The summed E-state index contributed by atoms with van der Waals surface area (Å²) in [5.74, 6) is -0.974. The predicted octanol–water partition coefficient (Wildman–Crippen LogP) is 1.80. The van der Waals surface area contributed by atoms with Crippen LogP contribution in [0, 0.1) is 0 Å². The lowest BCUT2D eigenvalue weighted by atomic mass is 10.2. The van der Waals surface area contributed by atoms with Crippen molar-refractivity contribution in [2.45, 2.75) is 32.7 Å². The minimum absolute atomic E-state index is 0.263. The van der Waals surface area contributed by atoms with Gasteiger partial charge in [0.2, 0.25) is 0 Å². The fraction of sp³-hybridized carbons (Fsp3) is 0.667. The Morgan fingerprint density at radius 2 is 2.00 bits per heavy atom. The highest BCUT2D eigenvalue weighted by molar-refractivity contribution is 5.82. The van der Waals surface area contributed by atoms with Crippen LogP contribution in [0.5, 0.6) is 0 Å². The van der Waals surface area contributed by atoms with Crippen LogP contribution in [0.3, 0.4) is 0 Å². The van der Waals surface area contributed by atoms with E-state index >= 15 is 0 Å². The van der Waals surface area contributed by atoms with Gasteiger partial charge in [-0.3, -0.25) is 0 Å². The van der Waals surface area contributed by atoms with Crippen LogP contribution in [0.4, 0.5) is 4.79 Å². The molecular weight excluding hydrogens is 220 g/mol. The largest absolute Gasteiger partial charge is 0.480 e. The van der Waals surface area contributed by atoms with E-state index in [1.54, 1.807) is 17.9 Å². The molecule has 0 saturated heterocycles. The van der Waals surface area contributed by atoms with Crippen LogP contribution in [-0.4, -0.2) is 53.1 Å². The Bertz CT molecular complexity index is 279. The first-order valence-electron chi connectivity index (χ1n) is 5.84.